The highest BCUT2D eigenvalue weighted by molar-refractivity contribution is 8.26. The molecule has 1 saturated heterocycles. The largest absolute Gasteiger partial charge is 0.433 e. The van der Waals surface area contributed by atoms with Crippen molar-refractivity contribution in [3.8, 4) is 0 Å². The third kappa shape index (κ3) is 4.62. The summed E-state index contributed by atoms with van der Waals surface area (Å²) in [4.78, 5) is 23.0. The van der Waals surface area contributed by atoms with Gasteiger partial charge in [0.1, 0.15) is 10.7 Å². The number of rotatable bonds is 6. The molecule has 0 spiro atoms. The maximum atomic E-state index is 12.5. The van der Waals surface area contributed by atoms with Crippen molar-refractivity contribution in [3.05, 3.63) is 74.4 Å². The zero-order valence-electron chi connectivity index (χ0n) is 14.8. The van der Waals surface area contributed by atoms with Gasteiger partial charge in [0.25, 0.3) is 5.91 Å². The fourth-order valence-electron chi connectivity index (χ4n) is 2.33. The number of hydrogen-bond donors (Lipinski definition) is 0. The quantitative estimate of drug-likeness (QED) is 0.225. The van der Waals surface area contributed by atoms with Gasteiger partial charge in [0.05, 0.1) is 11.0 Å². The Morgan fingerprint density at radius 2 is 2.04 bits per heavy atom. The average Bonchev–Trinajstić information content (AvgIpc) is 3.26. The van der Waals surface area contributed by atoms with Gasteiger partial charge in [-0.3, -0.25) is 14.9 Å². The van der Waals surface area contributed by atoms with Crippen molar-refractivity contribution in [1.29, 1.82) is 0 Å². The van der Waals surface area contributed by atoms with E-state index in [2.05, 4.69) is 12.0 Å². The Kier molecular flexibility index (Phi) is 6.17. The molecule has 1 fully saturated rings. The van der Waals surface area contributed by atoms with E-state index in [0.29, 0.717) is 15.0 Å². The second kappa shape index (κ2) is 8.77. The fourth-order valence-corrected chi connectivity index (χ4v) is 3.51. The molecule has 0 radical (unpaired) electrons. The molecule has 7 nitrogen and oxygen atoms in total. The predicted octanol–water partition coefficient (Wildman–Crippen LogP) is 4.65. The maximum absolute atomic E-state index is 12.5. The number of nitro groups is 1. The summed E-state index contributed by atoms with van der Waals surface area (Å²) in [5.74, 6) is -0.336. The molecule has 1 aromatic heterocycles. The van der Waals surface area contributed by atoms with Crippen LogP contribution in [0, 0.1) is 10.1 Å². The number of thiocarbonyl (C=S) groups is 1. The molecular formula is C19H15N3O4S2. The molecule has 142 valence electrons. The van der Waals surface area contributed by atoms with Crippen LogP contribution in [0.2, 0.25) is 0 Å². The molecule has 0 saturated carbocycles. The highest BCUT2D eigenvalue weighted by Crippen LogP contribution is 2.32. The molecule has 28 heavy (non-hydrogen) atoms. The lowest BCUT2D eigenvalue weighted by atomic mass is 10.1. The van der Waals surface area contributed by atoms with E-state index < -0.39 is 4.92 Å². The maximum Gasteiger partial charge on any atom is 0.433 e. The van der Waals surface area contributed by atoms with Crippen LogP contribution in [0.25, 0.3) is 12.2 Å². The van der Waals surface area contributed by atoms with Gasteiger partial charge in [-0.15, -0.1) is 0 Å². The molecule has 1 amide bonds. The molecular weight excluding hydrogens is 398 g/mol. The van der Waals surface area contributed by atoms with E-state index >= 15 is 0 Å². The third-order valence-electron chi connectivity index (χ3n) is 3.78. The number of carbonyl (C=O) groups excluding carboxylic acids is 1. The number of furan rings is 1. The minimum Gasteiger partial charge on any atom is -0.401 e. The van der Waals surface area contributed by atoms with Crippen LogP contribution in [-0.2, 0) is 11.2 Å². The van der Waals surface area contributed by atoms with Crippen LogP contribution < -0.4 is 0 Å². The van der Waals surface area contributed by atoms with E-state index in [0.717, 1.165) is 17.0 Å². The zero-order valence-corrected chi connectivity index (χ0v) is 16.4. The third-order valence-corrected chi connectivity index (χ3v) is 5.06. The molecule has 1 aromatic carbocycles. The van der Waals surface area contributed by atoms with Crippen molar-refractivity contribution in [2.24, 2.45) is 5.10 Å². The summed E-state index contributed by atoms with van der Waals surface area (Å²) < 4.78 is 5.33. The van der Waals surface area contributed by atoms with Gasteiger partial charge in [-0.25, -0.2) is 0 Å². The molecule has 0 bridgehead atoms. The number of carbonyl (C=O) groups is 1. The normalized spacial score (nSPS) is 16.2. The van der Waals surface area contributed by atoms with Crippen molar-refractivity contribution < 1.29 is 14.1 Å². The van der Waals surface area contributed by atoms with Gasteiger partial charge in [0, 0.05) is 6.21 Å². The highest BCUT2D eigenvalue weighted by Gasteiger charge is 2.31. The number of aryl methyl sites for hydroxylation is 1. The SMILES string of the molecule is CCc1ccc(/C=C2/SC(=S)N(/N=C/C=C/c3ccc([N+](=O)[O-])o3)C2=O)cc1. The molecule has 0 unspecified atom stereocenters. The smallest absolute Gasteiger partial charge is 0.401 e. The van der Waals surface area contributed by atoms with Crippen LogP contribution in [0.3, 0.4) is 0 Å². The number of benzene rings is 1. The van der Waals surface area contributed by atoms with E-state index in [4.69, 9.17) is 16.6 Å². The zero-order chi connectivity index (χ0) is 20.1. The van der Waals surface area contributed by atoms with Gasteiger partial charge in [0.15, 0.2) is 4.32 Å². The van der Waals surface area contributed by atoms with Crippen LogP contribution in [0.5, 0.6) is 0 Å². The molecule has 2 heterocycles. The van der Waals surface area contributed by atoms with Crippen molar-refractivity contribution >= 4 is 58.5 Å². The number of hydrazone groups is 1. The van der Waals surface area contributed by atoms with Crippen LogP contribution in [-0.4, -0.2) is 26.4 Å². The van der Waals surface area contributed by atoms with Crippen LogP contribution in [0.1, 0.15) is 23.8 Å². The van der Waals surface area contributed by atoms with Crippen LogP contribution in [0.4, 0.5) is 5.88 Å². The molecule has 3 rings (SSSR count). The molecule has 1 aliphatic heterocycles. The summed E-state index contributed by atoms with van der Waals surface area (Å²) in [7, 11) is 0. The summed E-state index contributed by atoms with van der Waals surface area (Å²) in [6.45, 7) is 2.08. The van der Waals surface area contributed by atoms with Gasteiger partial charge in [0.2, 0.25) is 0 Å². The predicted molar refractivity (Wildman–Crippen MR) is 114 cm³/mol. The summed E-state index contributed by atoms with van der Waals surface area (Å²) in [5, 5.41) is 15.8. The van der Waals surface area contributed by atoms with Gasteiger partial charge in [-0.1, -0.05) is 43.0 Å². The standard InChI is InChI=1S/C19H15N3O4S2/c1-2-13-5-7-14(8-6-13)12-16-18(23)21(19(27)28-16)20-11-3-4-15-9-10-17(26-15)22(24)25/h3-12H,2H2,1H3/b4-3+,16-12+,20-11+. The van der Waals surface area contributed by atoms with Crippen molar-refractivity contribution in [3.63, 3.8) is 0 Å². The topological polar surface area (TPSA) is 88.9 Å². The second-order valence-electron chi connectivity index (χ2n) is 5.65. The second-order valence-corrected chi connectivity index (χ2v) is 7.32. The summed E-state index contributed by atoms with van der Waals surface area (Å²) >= 11 is 6.41. The van der Waals surface area contributed by atoms with E-state index in [1.165, 1.54) is 47.8 Å². The minimum absolute atomic E-state index is 0.298. The fraction of sp³-hybridized carbons (Fsp3) is 0.105. The first kappa shape index (κ1) is 19.7. The van der Waals surface area contributed by atoms with E-state index in [-0.39, 0.29) is 11.8 Å². The van der Waals surface area contributed by atoms with Crippen molar-refractivity contribution in [2.45, 2.75) is 13.3 Å². The molecule has 0 aliphatic carbocycles. The Labute approximate surface area is 170 Å². The lowest BCUT2D eigenvalue weighted by Gasteiger charge is -2.04. The first-order chi connectivity index (χ1) is 13.5. The highest BCUT2D eigenvalue weighted by atomic mass is 32.2. The molecule has 1 aliphatic rings. The monoisotopic (exact) mass is 413 g/mol. The van der Waals surface area contributed by atoms with Gasteiger partial charge < -0.3 is 4.42 Å². The van der Waals surface area contributed by atoms with Crippen molar-refractivity contribution in [2.75, 3.05) is 0 Å². The number of amides is 1. The first-order valence-electron chi connectivity index (χ1n) is 8.29. The Hall–Kier alpha value is -3.04. The van der Waals surface area contributed by atoms with Gasteiger partial charge in [-0.2, -0.15) is 10.1 Å². The lowest BCUT2D eigenvalue weighted by molar-refractivity contribution is -0.402. The van der Waals surface area contributed by atoms with E-state index in [1.807, 2.05) is 24.3 Å². The summed E-state index contributed by atoms with van der Waals surface area (Å²) in [6, 6.07) is 10.7. The molecule has 0 N–H and O–H groups in total. The summed E-state index contributed by atoms with van der Waals surface area (Å²) in [6.07, 6.45) is 7.12. The average molecular weight is 413 g/mol. The van der Waals surface area contributed by atoms with Crippen molar-refractivity contribution in [1.82, 2.24) is 5.01 Å². The van der Waals surface area contributed by atoms with E-state index in [1.54, 1.807) is 6.08 Å². The number of nitrogens with zero attached hydrogens (tertiary/aromatic N) is 3. The van der Waals surface area contributed by atoms with Gasteiger partial charge in [-0.05, 0) is 54.1 Å². The molecule has 2 aromatic rings. The Morgan fingerprint density at radius 1 is 1.29 bits per heavy atom. The van der Waals surface area contributed by atoms with E-state index in [9.17, 15) is 14.9 Å². The summed E-state index contributed by atoms with van der Waals surface area (Å²) in [5.41, 5.74) is 2.14. The number of hydrogen-bond acceptors (Lipinski definition) is 7. The molecule has 0 atom stereocenters. The Bertz CT molecular complexity index is 1010. The lowest BCUT2D eigenvalue weighted by Crippen LogP contribution is -2.21. The van der Waals surface area contributed by atoms with Gasteiger partial charge >= 0.3 is 5.88 Å². The van der Waals surface area contributed by atoms with Crippen LogP contribution in [0.15, 0.2) is 56.9 Å². The number of thioether (sulfide) groups is 1. The van der Waals surface area contributed by atoms with Crippen LogP contribution >= 0.6 is 24.0 Å². The first-order valence-corrected chi connectivity index (χ1v) is 9.52. The molecule has 9 heteroatoms. The Morgan fingerprint density at radius 3 is 2.68 bits per heavy atom. The minimum atomic E-state index is -0.617. The Balaban J connectivity index is 1.67. The number of allylic oxidation sites excluding steroid dienone is 1.